The number of anilines is 2. The standard InChI is InChI=1S/C27H33FN4O3S2/c1-3-21-14-25(37(33,34)31-26-29-10-12-36-26)23(28)15-24(21)30-18-27-9-4-11-32(27)17-20(16-27)13-19-5-7-22(35-2)8-6-19/h5-8,10,12,14-15,20,30H,3-4,9,11,13,16-18H2,1-2H3,(H,29,31)/t20-,27+/m1/s1. The monoisotopic (exact) mass is 544 g/mol. The average molecular weight is 545 g/mol. The molecule has 0 saturated carbocycles. The van der Waals surface area contributed by atoms with E-state index in [-0.39, 0.29) is 15.6 Å². The molecule has 0 bridgehead atoms. The number of nitrogens with one attached hydrogen (secondary N) is 2. The molecule has 2 saturated heterocycles. The predicted molar refractivity (Wildman–Crippen MR) is 146 cm³/mol. The number of thiazole rings is 1. The quantitative estimate of drug-likeness (QED) is 0.367. The van der Waals surface area contributed by atoms with Crippen molar-refractivity contribution in [3.8, 4) is 5.75 Å². The van der Waals surface area contributed by atoms with Gasteiger partial charge < -0.3 is 10.1 Å². The number of hydrogen-bond donors (Lipinski definition) is 2. The summed E-state index contributed by atoms with van der Waals surface area (Å²) in [6.45, 7) is 4.80. The van der Waals surface area contributed by atoms with E-state index in [2.05, 4.69) is 32.1 Å². The van der Waals surface area contributed by atoms with Crippen LogP contribution in [0.2, 0.25) is 0 Å². The Hall–Kier alpha value is -2.69. The molecule has 2 aromatic carbocycles. The molecule has 10 heteroatoms. The Morgan fingerprint density at radius 1 is 1.27 bits per heavy atom. The highest BCUT2D eigenvalue weighted by Crippen LogP contribution is 2.43. The van der Waals surface area contributed by atoms with Crippen molar-refractivity contribution in [2.24, 2.45) is 5.92 Å². The summed E-state index contributed by atoms with van der Waals surface area (Å²) in [7, 11) is -2.39. The highest BCUT2D eigenvalue weighted by atomic mass is 32.2. The molecule has 1 aromatic heterocycles. The van der Waals surface area contributed by atoms with E-state index in [4.69, 9.17) is 4.74 Å². The van der Waals surface area contributed by atoms with E-state index in [1.54, 1.807) is 12.5 Å². The van der Waals surface area contributed by atoms with Gasteiger partial charge >= 0.3 is 0 Å². The Balaban J connectivity index is 1.30. The fraction of sp³-hybridized carbons (Fsp3) is 0.444. The van der Waals surface area contributed by atoms with Gasteiger partial charge in [-0.2, -0.15) is 0 Å². The van der Waals surface area contributed by atoms with Gasteiger partial charge in [-0.15, -0.1) is 11.3 Å². The van der Waals surface area contributed by atoms with Gasteiger partial charge in [-0.05, 0) is 80.0 Å². The van der Waals surface area contributed by atoms with Crippen molar-refractivity contribution in [1.82, 2.24) is 9.88 Å². The molecule has 0 spiro atoms. The van der Waals surface area contributed by atoms with Gasteiger partial charge in [0.15, 0.2) is 5.13 Å². The number of fused-ring (bicyclic) bond motifs is 1. The van der Waals surface area contributed by atoms with Crippen LogP contribution in [-0.2, 0) is 22.9 Å². The number of rotatable bonds is 10. The third kappa shape index (κ3) is 5.46. The summed E-state index contributed by atoms with van der Waals surface area (Å²) in [6.07, 6.45) is 6.45. The smallest absolute Gasteiger partial charge is 0.266 e. The molecule has 0 aliphatic carbocycles. The van der Waals surface area contributed by atoms with Gasteiger partial charge in [0, 0.05) is 35.9 Å². The second kappa shape index (κ2) is 10.6. The zero-order valence-electron chi connectivity index (χ0n) is 21.2. The number of methoxy groups -OCH3 is 1. The van der Waals surface area contributed by atoms with Gasteiger partial charge in [-0.25, -0.2) is 17.8 Å². The summed E-state index contributed by atoms with van der Waals surface area (Å²) in [5.41, 5.74) is 2.78. The lowest BCUT2D eigenvalue weighted by molar-refractivity contribution is 0.209. The molecule has 0 unspecified atom stereocenters. The summed E-state index contributed by atoms with van der Waals surface area (Å²) >= 11 is 1.15. The predicted octanol–water partition coefficient (Wildman–Crippen LogP) is 5.16. The zero-order chi connectivity index (χ0) is 26.0. The van der Waals surface area contributed by atoms with Gasteiger partial charge in [0.25, 0.3) is 10.0 Å². The number of sulfonamides is 1. The van der Waals surface area contributed by atoms with Crippen LogP contribution < -0.4 is 14.8 Å². The first-order chi connectivity index (χ1) is 17.8. The molecule has 2 aliphatic rings. The molecule has 0 amide bonds. The Bertz CT molecular complexity index is 1330. The lowest BCUT2D eigenvalue weighted by Crippen LogP contribution is -2.44. The molecule has 198 valence electrons. The Morgan fingerprint density at radius 2 is 2.08 bits per heavy atom. The van der Waals surface area contributed by atoms with E-state index in [1.165, 1.54) is 23.9 Å². The molecule has 7 nitrogen and oxygen atoms in total. The number of aryl methyl sites for hydroxylation is 1. The molecule has 2 fully saturated rings. The van der Waals surface area contributed by atoms with Crippen molar-refractivity contribution in [2.45, 2.75) is 49.5 Å². The van der Waals surface area contributed by atoms with Crippen LogP contribution >= 0.6 is 11.3 Å². The first-order valence-corrected chi connectivity index (χ1v) is 15.0. The van der Waals surface area contributed by atoms with Gasteiger partial charge in [-0.3, -0.25) is 9.62 Å². The van der Waals surface area contributed by atoms with Crippen LogP contribution in [-0.4, -0.2) is 50.6 Å². The number of aromatic nitrogens is 1. The first-order valence-electron chi connectivity index (χ1n) is 12.7. The maximum absolute atomic E-state index is 15.1. The third-order valence-electron chi connectivity index (χ3n) is 7.66. The van der Waals surface area contributed by atoms with E-state index in [9.17, 15) is 8.42 Å². The first kappa shape index (κ1) is 25.9. The Labute approximate surface area is 222 Å². The summed E-state index contributed by atoms with van der Waals surface area (Å²) in [5, 5.41) is 5.38. The number of hydrogen-bond acceptors (Lipinski definition) is 7. The van der Waals surface area contributed by atoms with Crippen LogP contribution in [0, 0.1) is 11.7 Å². The van der Waals surface area contributed by atoms with E-state index in [0.29, 0.717) is 24.6 Å². The molecule has 3 aromatic rings. The van der Waals surface area contributed by atoms with E-state index in [0.717, 1.165) is 61.4 Å². The second-order valence-electron chi connectivity index (χ2n) is 9.99. The summed E-state index contributed by atoms with van der Waals surface area (Å²) in [4.78, 5) is 6.18. The van der Waals surface area contributed by atoms with Crippen molar-refractivity contribution in [1.29, 1.82) is 0 Å². The fourth-order valence-corrected chi connectivity index (χ4v) is 7.79. The van der Waals surface area contributed by atoms with E-state index in [1.807, 2.05) is 19.1 Å². The van der Waals surface area contributed by atoms with Crippen LogP contribution in [0.5, 0.6) is 5.75 Å². The van der Waals surface area contributed by atoms with Crippen LogP contribution in [0.15, 0.2) is 52.9 Å². The molecule has 2 aliphatic heterocycles. The third-order valence-corrected chi connectivity index (χ3v) is 9.83. The summed E-state index contributed by atoms with van der Waals surface area (Å²) < 4.78 is 48.4. The van der Waals surface area contributed by atoms with E-state index >= 15 is 4.39 Å². The molecule has 2 N–H and O–H groups in total. The lowest BCUT2D eigenvalue weighted by atomic mass is 9.87. The molecular formula is C27H33FN4O3S2. The Morgan fingerprint density at radius 3 is 2.78 bits per heavy atom. The molecule has 3 heterocycles. The lowest BCUT2D eigenvalue weighted by Gasteiger charge is -2.33. The number of benzene rings is 2. The van der Waals surface area contributed by atoms with Crippen LogP contribution in [0.4, 0.5) is 15.2 Å². The highest BCUT2D eigenvalue weighted by Gasteiger charge is 2.48. The zero-order valence-corrected chi connectivity index (χ0v) is 22.8. The SMILES string of the molecule is CCc1cc(S(=O)(=O)Nc2nccs2)c(F)cc1NC[C@@]12CCCN1C[C@H](Cc1ccc(OC)cc1)C2. The topological polar surface area (TPSA) is 83.6 Å². The number of halogens is 1. The normalized spacial score (nSPS) is 21.6. The van der Waals surface area contributed by atoms with Gasteiger partial charge in [0.05, 0.1) is 7.11 Å². The van der Waals surface area contributed by atoms with Crippen molar-refractivity contribution in [3.05, 3.63) is 64.9 Å². The molecule has 0 radical (unpaired) electrons. The van der Waals surface area contributed by atoms with Crippen molar-refractivity contribution < 1.29 is 17.5 Å². The minimum atomic E-state index is -4.07. The van der Waals surface area contributed by atoms with Gasteiger partial charge in [0.1, 0.15) is 16.5 Å². The van der Waals surface area contributed by atoms with Gasteiger partial charge in [0.2, 0.25) is 0 Å². The molecule has 37 heavy (non-hydrogen) atoms. The fourth-order valence-electron chi connectivity index (χ4n) is 5.89. The van der Waals surface area contributed by atoms with Crippen molar-refractivity contribution >= 4 is 32.2 Å². The largest absolute Gasteiger partial charge is 0.497 e. The highest BCUT2D eigenvalue weighted by molar-refractivity contribution is 7.93. The molecule has 2 atom stereocenters. The van der Waals surface area contributed by atoms with Crippen LogP contribution in [0.3, 0.4) is 0 Å². The minimum Gasteiger partial charge on any atom is -0.497 e. The maximum Gasteiger partial charge on any atom is 0.266 e. The number of nitrogens with zero attached hydrogens (tertiary/aromatic N) is 2. The molecular weight excluding hydrogens is 511 g/mol. The van der Waals surface area contributed by atoms with Gasteiger partial charge in [-0.1, -0.05) is 19.1 Å². The summed E-state index contributed by atoms with van der Waals surface area (Å²) in [6, 6.07) is 11.1. The van der Waals surface area contributed by atoms with E-state index < -0.39 is 15.8 Å². The number of ether oxygens (including phenoxy) is 1. The van der Waals surface area contributed by atoms with Crippen LogP contribution in [0.25, 0.3) is 0 Å². The van der Waals surface area contributed by atoms with Crippen LogP contribution in [0.1, 0.15) is 37.3 Å². The molecule has 5 rings (SSSR count). The second-order valence-corrected chi connectivity index (χ2v) is 12.5. The summed E-state index contributed by atoms with van der Waals surface area (Å²) in [5.74, 6) is 0.656. The Kier molecular flexibility index (Phi) is 7.42. The average Bonchev–Trinajstić information content (AvgIpc) is 3.59. The minimum absolute atomic E-state index is 0.0375. The maximum atomic E-state index is 15.1. The van der Waals surface area contributed by atoms with Crippen molar-refractivity contribution in [3.63, 3.8) is 0 Å². The van der Waals surface area contributed by atoms with Crippen molar-refractivity contribution in [2.75, 3.05) is 36.8 Å².